The van der Waals surface area contributed by atoms with Gasteiger partial charge in [-0.3, -0.25) is 4.79 Å². The van der Waals surface area contributed by atoms with Gasteiger partial charge >= 0.3 is 0 Å². The quantitative estimate of drug-likeness (QED) is 0.888. The normalized spacial score (nSPS) is 11.9. The van der Waals surface area contributed by atoms with Crippen LogP contribution < -0.4 is 11.1 Å². The molecule has 3 nitrogen and oxygen atoms in total. The zero-order valence-electron chi connectivity index (χ0n) is 10.6. The standard InChI is InChI=1S/C15H15FN2O/c1-10(17)11-4-3-7-14(9-11)18-15(19)12-5-2-6-13(16)8-12/h2-10H,17H2,1H3,(H,18,19). The van der Waals surface area contributed by atoms with Gasteiger partial charge in [-0.15, -0.1) is 0 Å². The SMILES string of the molecule is CC(N)c1cccc(NC(=O)c2cccc(F)c2)c1. The van der Waals surface area contributed by atoms with Crippen molar-refractivity contribution in [2.24, 2.45) is 5.73 Å². The van der Waals surface area contributed by atoms with Gasteiger partial charge < -0.3 is 11.1 Å². The molecule has 0 aliphatic rings. The van der Waals surface area contributed by atoms with Crippen LogP contribution in [0.4, 0.5) is 10.1 Å². The molecular formula is C15H15FN2O. The van der Waals surface area contributed by atoms with Crippen molar-refractivity contribution in [2.45, 2.75) is 13.0 Å². The summed E-state index contributed by atoms with van der Waals surface area (Å²) in [5, 5.41) is 2.72. The summed E-state index contributed by atoms with van der Waals surface area (Å²) in [4.78, 5) is 11.9. The largest absolute Gasteiger partial charge is 0.324 e. The molecule has 0 saturated heterocycles. The lowest BCUT2D eigenvalue weighted by molar-refractivity contribution is 0.102. The van der Waals surface area contributed by atoms with Crippen LogP contribution in [0.3, 0.4) is 0 Å². The molecule has 1 amide bonds. The average Bonchev–Trinajstić information content (AvgIpc) is 2.39. The number of carbonyl (C=O) groups is 1. The minimum Gasteiger partial charge on any atom is -0.324 e. The van der Waals surface area contributed by atoms with E-state index < -0.39 is 5.82 Å². The van der Waals surface area contributed by atoms with Gasteiger partial charge in [0.1, 0.15) is 5.82 Å². The average molecular weight is 258 g/mol. The van der Waals surface area contributed by atoms with E-state index in [-0.39, 0.29) is 17.5 Å². The highest BCUT2D eigenvalue weighted by Crippen LogP contribution is 2.16. The second-order valence-corrected chi connectivity index (χ2v) is 4.38. The van der Waals surface area contributed by atoms with Crippen LogP contribution in [-0.2, 0) is 0 Å². The Morgan fingerprint density at radius 2 is 1.95 bits per heavy atom. The van der Waals surface area contributed by atoms with Gasteiger partial charge in [-0.1, -0.05) is 18.2 Å². The number of hydrogen-bond acceptors (Lipinski definition) is 2. The van der Waals surface area contributed by atoms with E-state index in [9.17, 15) is 9.18 Å². The van der Waals surface area contributed by atoms with Crippen molar-refractivity contribution in [1.82, 2.24) is 0 Å². The third-order valence-corrected chi connectivity index (χ3v) is 2.76. The van der Waals surface area contributed by atoms with Crippen LogP contribution in [0.25, 0.3) is 0 Å². The highest BCUT2D eigenvalue weighted by Gasteiger charge is 2.08. The van der Waals surface area contributed by atoms with Gasteiger partial charge in [0.15, 0.2) is 0 Å². The summed E-state index contributed by atoms with van der Waals surface area (Å²) >= 11 is 0. The minimum absolute atomic E-state index is 0.106. The Bertz CT molecular complexity index is 596. The highest BCUT2D eigenvalue weighted by molar-refractivity contribution is 6.04. The lowest BCUT2D eigenvalue weighted by Gasteiger charge is -2.09. The molecule has 98 valence electrons. The second kappa shape index (κ2) is 5.63. The summed E-state index contributed by atoms with van der Waals surface area (Å²) in [5.74, 6) is -0.779. The Labute approximate surface area is 111 Å². The molecule has 0 spiro atoms. The zero-order chi connectivity index (χ0) is 13.8. The van der Waals surface area contributed by atoms with Crippen molar-refractivity contribution in [3.05, 3.63) is 65.5 Å². The predicted octanol–water partition coefficient (Wildman–Crippen LogP) is 3.10. The van der Waals surface area contributed by atoms with Gasteiger partial charge in [-0.2, -0.15) is 0 Å². The molecule has 2 aromatic carbocycles. The Balaban J connectivity index is 2.17. The molecular weight excluding hydrogens is 243 g/mol. The lowest BCUT2D eigenvalue weighted by atomic mass is 10.1. The molecule has 4 heteroatoms. The molecule has 0 bridgehead atoms. The van der Waals surface area contributed by atoms with Gasteiger partial charge in [-0.05, 0) is 42.8 Å². The highest BCUT2D eigenvalue weighted by atomic mass is 19.1. The van der Waals surface area contributed by atoms with E-state index in [2.05, 4.69) is 5.32 Å². The minimum atomic E-state index is -0.433. The van der Waals surface area contributed by atoms with Crippen LogP contribution in [0.1, 0.15) is 28.9 Å². The summed E-state index contributed by atoms with van der Waals surface area (Å²) < 4.78 is 13.0. The number of benzene rings is 2. The fourth-order valence-electron chi connectivity index (χ4n) is 1.73. The van der Waals surface area contributed by atoms with E-state index in [4.69, 9.17) is 5.73 Å². The number of nitrogens with two attached hydrogens (primary N) is 1. The number of halogens is 1. The van der Waals surface area contributed by atoms with Crippen LogP contribution in [0.5, 0.6) is 0 Å². The molecule has 0 saturated carbocycles. The number of hydrogen-bond donors (Lipinski definition) is 2. The first kappa shape index (κ1) is 13.2. The predicted molar refractivity (Wildman–Crippen MR) is 73.4 cm³/mol. The maximum atomic E-state index is 13.0. The van der Waals surface area contributed by atoms with E-state index in [1.807, 2.05) is 25.1 Å². The maximum absolute atomic E-state index is 13.0. The van der Waals surface area contributed by atoms with Gasteiger partial charge in [-0.25, -0.2) is 4.39 Å². The first-order valence-corrected chi connectivity index (χ1v) is 5.99. The number of carbonyl (C=O) groups excluding carboxylic acids is 1. The molecule has 0 fully saturated rings. The third-order valence-electron chi connectivity index (χ3n) is 2.76. The zero-order valence-corrected chi connectivity index (χ0v) is 10.6. The fraction of sp³-hybridized carbons (Fsp3) is 0.133. The fourth-order valence-corrected chi connectivity index (χ4v) is 1.73. The molecule has 0 aromatic heterocycles. The monoisotopic (exact) mass is 258 g/mol. The van der Waals surface area contributed by atoms with Crippen molar-refractivity contribution in [3.8, 4) is 0 Å². The summed E-state index contributed by atoms with van der Waals surface area (Å²) in [6.45, 7) is 1.87. The molecule has 2 rings (SSSR count). The Kier molecular flexibility index (Phi) is 3.92. The van der Waals surface area contributed by atoms with Crippen LogP contribution in [-0.4, -0.2) is 5.91 Å². The maximum Gasteiger partial charge on any atom is 0.255 e. The molecule has 0 heterocycles. The summed E-state index contributed by atoms with van der Waals surface area (Å²) in [5.41, 5.74) is 7.64. The number of nitrogens with one attached hydrogen (secondary N) is 1. The van der Waals surface area contributed by atoms with Crippen LogP contribution in [0, 0.1) is 5.82 Å². The second-order valence-electron chi connectivity index (χ2n) is 4.38. The molecule has 1 atom stereocenters. The summed E-state index contributed by atoms with van der Waals surface area (Å²) in [6.07, 6.45) is 0. The Morgan fingerprint density at radius 3 is 2.63 bits per heavy atom. The molecule has 0 aliphatic heterocycles. The number of rotatable bonds is 3. The van der Waals surface area contributed by atoms with Crippen molar-refractivity contribution in [1.29, 1.82) is 0 Å². The topological polar surface area (TPSA) is 55.1 Å². The Morgan fingerprint density at radius 1 is 1.21 bits per heavy atom. The first-order chi connectivity index (χ1) is 9.06. The molecule has 0 aliphatic carbocycles. The van der Waals surface area contributed by atoms with Crippen LogP contribution >= 0.6 is 0 Å². The summed E-state index contributed by atoms with van der Waals surface area (Å²) in [6, 6.07) is 12.7. The van der Waals surface area contributed by atoms with Crippen molar-refractivity contribution < 1.29 is 9.18 Å². The van der Waals surface area contributed by atoms with E-state index in [0.29, 0.717) is 5.69 Å². The Hall–Kier alpha value is -2.20. The van der Waals surface area contributed by atoms with E-state index in [1.54, 1.807) is 12.1 Å². The molecule has 3 N–H and O–H groups in total. The van der Waals surface area contributed by atoms with Crippen molar-refractivity contribution in [2.75, 3.05) is 5.32 Å². The molecule has 1 unspecified atom stereocenters. The van der Waals surface area contributed by atoms with Gasteiger partial charge in [0.2, 0.25) is 0 Å². The molecule has 2 aromatic rings. The van der Waals surface area contributed by atoms with Gasteiger partial charge in [0.25, 0.3) is 5.91 Å². The van der Waals surface area contributed by atoms with Crippen LogP contribution in [0.15, 0.2) is 48.5 Å². The van der Waals surface area contributed by atoms with E-state index >= 15 is 0 Å². The van der Waals surface area contributed by atoms with Crippen LogP contribution in [0.2, 0.25) is 0 Å². The van der Waals surface area contributed by atoms with Gasteiger partial charge in [0.05, 0.1) is 0 Å². The number of amides is 1. The van der Waals surface area contributed by atoms with E-state index in [1.165, 1.54) is 18.2 Å². The third kappa shape index (κ3) is 3.39. The smallest absolute Gasteiger partial charge is 0.255 e. The molecule has 19 heavy (non-hydrogen) atoms. The first-order valence-electron chi connectivity index (χ1n) is 5.99. The van der Waals surface area contributed by atoms with Gasteiger partial charge in [0, 0.05) is 17.3 Å². The molecule has 0 radical (unpaired) electrons. The van der Waals surface area contributed by atoms with Crippen molar-refractivity contribution >= 4 is 11.6 Å². The van der Waals surface area contributed by atoms with Crippen molar-refractivity contribution in [3.63, 3.8) is 0 Å². The number of anilines is 1. The van der Waals surface area contributed by atoms with E-state index in [0.717, 1.165) is 5.56 Å². The lowest BCUT2D eigenvalue weighted by Crippen LogP contribution is -2.13. The summed E-state index contributed by atoms with van der Waals surface area (Å²) in [7, 11) is 0.